The monoisotopic (exact) mass is 329 g/mol. The molecule has 0 spiro atoms. The highest BCUT2D eigenvalue weighted by atomic mass is 19.1. The molecule has 0 bridgehead atoms. The van der Waals surface area contributed by atoms with Gasteiger partial charge in [-0.15, -0.1) is 0 Å². The summed E-state index contributed by atoms with van der Waals surface area (Å²) >= 11 is 0. The van der Waals surface area contributed by atoms with Gasteiger partial charge in [-0.1, -0.05) is 6.07 Å². The fraction of sp³-hybridized carbons (Fsp3) is 0.316. The fourth-order valence-electron chi connectivity index (χ4n) is 3.12. The zero-order valence-electron chi connectivity index (χ0n) is 13.8. The van der Waals surface area contributed by atoms with Gasteiger partial charge in [-0.2, -0.15) is 0 Å². The van der Waals surface area contributed by atoms with E-state index in [9.17, 15) is 9.18 Å². The van der Waals surface area contributed by atoms with Gasteiger partial charge in [-0.05, 0) is 60.9 Å². The number of ether oxygens (including phenoxy) is 2. The molecule has 0 fully saturated rings. The van der Waals surface area contributed by atoms with Gasteiger partial charge in [0.2, 0.25) is 0 Å². The van der Waals surface area contributed by atoms with Crippen molar-refractivity contribution >= 4 is 11.7 Å². The first-order valence-corrected chi connectivity index (χ1v) is 7.99. The van der Waals surface area contributed by atoms with E-state index in [-0.39, 0.29) is 11.8 Å². The lowest BCUT2D eigenvalue weighted by atomic mass is 9.91. The van der Waals surface area contributed by atoms with Crippen molar-refractivity contribution in [1.29, 1.82) is 0 Å². The molecule has 0 saturated heterocycles. The second-order valence-corrected chi connectivity index (χ2v) is 5.64. The highest BCUT2D eigenvalue weighted by Crippen LogP contribution is 2.36. The van der Waals surface area contributed by atoms with Crippen LogP contribution in [0, 0.1) is 5.82 Å². The number of halogens is 1. The summed E-state index contributed by atoms with van der Waals surface area (Å²) in [6.07, 6.45) is 0.778. The highest BCUT2D eigenvalue weighted by Gasteiger charge is 2.34. The first-order chi connectivity index (χ1) is 11.6. The molecule has 0 aromatic heterocycles. The molecule has 5 heteroatoms. The van der Waals surface area contributed by atoms with Crippen molar-refractivity contribution in [3.63, 3.8) is 0 Å². The molecule has 3 rings (SSSR count). The van der Waals surface area contributed by atoms with Crippen LogP contribution in [0.5, 0.6) is 5.75 Å². The largest absolute Gasteiger partial charge is 0.497 e. The van der Waals surface area contributed by atoms with Crippen LogP contribution in [0.4, 0.5) is 10.1 Å². The molecule has 126 valence electrons. The van der Waals surface area contributed by atoms with Gasteiger partial charge in [0.15, 0.2) is 6.04 Å². The lowest BCUT2D eigenvalue weighted by Gasteiger charge is -2.37. The van der Waals surface area contributed by atoms with Crippen LogP contribution in [-0.2, 0) is 16.0 Å². The van der Waals surface area contributed by atoms with Gasteiger partial charge in [0, 0.05) is 12.2 Å². The third kappa shape index (κ3) is 3.07. The van der Waals surface area contributed by atoms with E-state index in [1.807, 2.05) is 23.1 Å². The molecule has 0 radical (unpaired) electrons. The van der Waals surface area contributed by atoms with E-state index < -0.39 is 6.04 Å². The van der Waals surface area contributed by atoms with Gasteiger partial charge < -0.3 is 14.4 Å². The Morgan fingerprint density at radius 2 is 2.00 bits per heavy atom. The molecule has 2 aromatic rings. The van der Waals surface area contributed by atoms with E-state index in [2.05, 4.69) is 0 Å². The van der Waals surface area contributed by atoms with E-state index in [0.29, 0.717) is 13.2 Å². The van der Waals surface area contributed by atoms with Crippen LogP contribution in [0.25, 0.3) is 0 Å². The van der Waals surface area contributed by atoms with E-state index in [4.69, 9.17) is 9.47 Å². The number of hydrogen-bond donors (Lipinski definition) is 0. The van der Waals surface area contributed by atoms with E-state index in [0.717, 1.165) is 29.0 Å². The molecule has 24 heavy (non-hydrogen) atoms. The lowest BCUT2D eigenvalue weighted by molar-refractivity contribution is -0.145. The van der Waals surface area contributed by atoms with Crippen molar-refractivity contribution in [1.82, 2.24) is 0 Å². The van der Waals surface area contributed by atoms with Crippen molar-refractivity contribution in [2.45, 2.75) is 19.4 Å². The molecule has 4 nitrogen and oxygen atoms in total. The molecular weight excluding hydrogens is 309 g/mol. The maximum Gasteiger partial charge on any atom is 0.333 e. The minimum Gasteiger partial charge on any atom is -0.497 e. The molecule has 0 aliphatic carbocycles. The normalized spacial score (nSPS) is 16.5. The summed E-state index contributed by atoms with van der Waals surface area (Å²) in [5.74, 6) is 0.174. The van der Waals surface area contributed by atoms with Crippen LogP contribution in [0.1, 0.15) is 24.1 Å². The minimum atomic E-state index is -0.537. The highest BCUT2D eigenvalue weighted by molar-refractivity contribution is 5.83. The molecule has 0 unspecified atom stereocenters. The Hall–Kier alpha value is -2.56. The third-order valence-electron chi connectivity index (χ3n) is 4.25. The number of fused-ring (bicyclic) bond motifs is 1. The smallest absolute Gasteiger partial charge is 0.333 e. The van der Waals surface area contributed by atoms with Gasteiger partial charge in [0.1, 0.15) is 11.6 Å². The number of benzene rings is 2. The summed E-state index contributed by atoms with van der Waals surface area (Å²) in [5.41, 5.74) is 2.78. The predicted octanol–water partition coefficient (Wildman–Crippen LogP) is 3.50. The molecule has 2 aromatic carbocycles. The number of hydrogen-bond acceptors (Lipinski definition) is 4. The van der Waals surface area contributed by atoms with Gasteiger partial charge in [-0.3, -0.25) is 0 Å². The topological polar surface area (TPSA) is 38.8 Å². The molecule has 1 atom stereocenters. The van der Waals surface area contributed by atoms with Crippen LogP contribution in [-0.4, -0.2) is 26.2 Å². The van der Waals surface area contributed by atoms with Gasteiger partial charge in [0.05, 0.1) is 13.7 Å². The van der Waals surface area contributed by atoms with Crippen molar-refractivity contribution in [2.24, 2.45) is 0 Å². The van der Waals surface area contributed by atoms with E-state index >= 15 is 0 Å². The number of anilines is 1. The quantitative estimate of drug-likeness (QED) is 0.805. The summed E-state index contributed by atoms with van der Waals surface area (Å²) in [6, 6.07) is 11.4. The molecule has 1 heterocycles. The zero-order valence-corrected chi connectivity index (χ0v) is 13.8. The molecular formula is C19H20FNO3. The zero-order chi connectivity index (χ0) is 17.1. The Balaban J connectivity index is 2.03. The second-order valence-electron chi connectivity index (χ2n) is 5.64. The first-order valence-electron chi connectivity index (χ1n) is 7.99. The van der Waals surface area contributed by atoms with Crippen LogP contribution >= 0.6 is 0 Å². The number of carbonyl (C=O) groups excluding carboxylic acids is 1. The van der Waals surface area contributed by atoms with Crippen LogP contribution in [0.3, 0.4) is 0 Å². The Morgan fingerprint density at radius 1 is 1.25 bits per heavy atom. The lowest BCUT2D eigenvalue weighted by Crippen LogP contribution is -2.40. The molecule has 0 saturated carbocycles. The summed E-state index contributed by atoms with van der Waals surface area (Å²) in [5, 5.41) is 0. The van der Waals surface area contributed by atoms with E-state index in [1.54, 1.807) is 26.2 Å². The number of nitrogens with zero attached hydrogens (tertiary/aromatic N) is 1. The fourth-order valence-corrected chi connectivity index (χ4v) is 3.12. The first kappa shape index (κ1) is 16.3. The van der Waals surface area contributed by atoms with Crippen LogP contribution in [0.2, 0.25) is 0 Å². The number of rotatable bonds is 4. The average molecular weight is 329 g/mol. The number of esters is 1. The summed E-state index contributed by atoms with van der Waals surface area (Å²) in [4.78, 5) is 14.6. The van der Waals surface area contributed by atoms with Gasteiger partial charge in [-0.25, -0.2) is 9.18 Å². The molecule has 0 amide bonds. The minimum absolute atomic E-state index is 0.298. The molecule has 1 aliphatic rings. The van der Waals surface area contributed by atoms with Gasteiger partial charge in [0.25, 0.3) is 0 Å². The number of carbonyl (C=O) groups is 1. The average Bonchev–Trinajstić information content (AvgIpc) is 2.61. The molecule has 1 aliphatic heterocycles. The van der Waals surface area contributed by atoms with Gasteiger partial charge >= 0.3 is 5.97 Å². The van der Waals surface area contributed by atoms with Crippen LogP contribution in [0.15, 0.2) is 42.5 Å². The summed E-state index contributed by atoms with van der Waals surface area (Å²) < 4.78 is 23.8. The van der Waals surface area contributed by atoms with E-state index in [1.165, 1.54) is 12.1 Å². The maximum atomic E-state index is 13.2. The third-order valence-corrected chi connectivity index (χ3v) is 4.25. The Bertz CT molecular complexity index is 730. The predicted molar refractivity (Wildman–Crippen MR) is 89.8 cm³/mol. The second kappa shape index (κ2) is 6.91. The SMILES string of the molecule is CCOC(=O)[C@@H]1c2ccc(OC)cc2CCN1c1ccc(F)cc1. The van der Waals surface area contributed by atoms with Crippen molar-refractivity contribution in [3.05, 3.63) is 59.4 Å². The van der Waals surface area contributed by atoms with Crippen molar-refractivity contribution < 1.29 is 18.7 Å². The van der Waals surface area contributed by atoms with Crippen molar-refractivity contribution in [2.75, 3.05) is 25.2 Å². The van der Waals surface area contributed by atoms with Crippen molar-refractivity contribution in [3.8, 4) is 5.75 Å². The summed E-state index contributed by atoms with van der Waals surface area (Å²) in [6.45, 7) is 2.76. The summed E-state index contributed by atoms with van der Waals surface area (Å²) in [7, 11) is 1.62. The maximum absolute atomic E-state index is 13.2. The Labute approximate surface area is 140 Å². The Morgan fingerprint density at radius 3 is 2.67 bits per heavy atom. The Kier molecular flexibility index (Phi) is 4.69. The molecule has 0 N–H and O–H groups in total. The van der Waals surface area contributed by atoms with Crippen LogP contribution < -0.4 is 9.64 Å². The number of methoxy groups -OCH3 is 1. The standard InChI is InChI=1S/C19H20FNO3/c1-3-24-19(22)18-17-9-8-16(23-2)12-13(17)10-11-21(18)15-6-4-14(20)5-7-15/h4-9,12,18H,3,10-11H2,1-2H3/t18-/m0/s1.